The lowest BCUT2D eigenvalue weighted by Crippen LogP contribution is -2.47. The van der Waals surface area contributed by atoms with Crippen molar-refractivity contribution < 1.29 is 19.4 Å². The second-order valence-corrected chi connectivity index (χ2v) is 8.66. The topological polar surface area (TPSA) is 110 Å². The third-order valence-electron chi connectivity index (χ3n) is 6.65. The van der Waals surface area contributed by atoms with Crippen LogP contribution < -0.4 is 15.6 Å². The second-order valence-electron chi connectivity index (χ2n) is 8.66. The Balaban J connectivity index is 1.75. The van der Waals surface area contributed by atoms with E-state index in [-0.39, 0.29) is 34.9 Å². The van der Waals surface area contributed by atoms with Gasteiger partial charge in [0.2, 0.25) is 12.5 Å². The summed E-state index contributed by atoms with van der Waals surface area (Å²) in [6, 6.07) is 7.39. The number of fused-ring (bicyclic) bond motifs is 3. The van der Waals surface area contributed by atoms with Gasteiger partial charge >= 0.3 is 0 Å². The normalized spacial score (nSPS) is 14.3. The Morgan fingerprint density at radius 1 is 1.26 bits per heavy atom. The molecule has 0 bridgehead atoms. The Labute approximate surface area is 202 Å². The quantitative estimate of drug-likeness (QED) is 0.395. The highest BCUT2D eigenvalue weighted by molar-refractivity contribution is 6.12. The summed E-state index contributed by atoms with van der Waals surface area (Å²) in [5.41, 5.74) is 1.37. The molecule has 2 N–H and O–H groups in total. The Morgan fingerprint density at radius 3 is 2.63 bits per heavy atom. The van der Waals surface area contributed by atoms with Crippen LogP contribution in [-0.4, -0.2) is 70.3 Å². The van der Waals surface area contributed by atoms with Gasteiger partial charge < -0.3 is 34.0 Å². The van der Waals surface area contributed by atoms with E-state index in [2.05, 4.69) is 10.2 Å². The van der Waals surface area contributed by atoms with Crippen molar-refractivity contribution in [3.63, 3.8) is 0 Å². The molecule has 1 fully saturated rings. The molecule has 1 saturated heterocycles. The van der Waals surface area contributed by atoms with E-state index in [0.717, 1.165) is 10.9 Å². The van der Waals surface area contributed by atoms with E-state index in [1.165, 1.54) is 7.11 Å². The van der Waals surface area contributed by atoms with Gasteiger partial charge in [0.25, 0.3) is 11.5 Å². The molecule has 3 aromatic rings. The molecule has 3 heterocycles. The summed E-state index contributed by atoms with van der Waals surface area (Å²) in [5, 5.41) is 13.3. The summed E-state index contributed by atoms with van der Waals surface area (Å²) in [6.07, 6.45) is 1.68. The van der Waals surface area contributed by atoms with Gasteiger partial charge in [-0.2, -0.15) is 0 Å². The Bertz CT molecular complexity index is 1380. The number of hydrogen-bond donors (Lipinski definition) is 2. The largest absolute Gasteiger partial charge is 0.493 e. The number of nitrogens with zero attached hydrogens (tertiary/aromatic N) is 4. The zero-order valence-electron chi connectivity index (χ0n) is 19.9. The van der Waals surface area contributed by atoms with Crippen LogP contribution in [0.15, 0.2) is 29.1 Å². The fourth-order valence-corrected chi connectivity index (χ4v) is 4.94. The maximum Gasteiger partial charge on any atom is 0.272 e. The van der Waals surface area contributed by atoms with Gasteiger partial charge in [-0.15, -0.1) is 0 Å². The lowest BCUT2D eigenvalue weighted by atomic mass is 10.0. The van der Waals surface area contributed by atoms with E-state index in [0.29, 0.717) is 56.3 Å². The van der Waals surface area contributed by atoms with Gasteiger partial charge in [-0.3, -0.25) is 14.4 Å². The molecule has 0 radical (unpaired) electrons. The van der Waals surface area contributed by atoms with E-state index in [1.54, 1.807) is 21.1 Å². The highest BCUT2D eigenvalue weighted by Crippen LogP contribution is 2.34. The average Bonchev–Trinajstić information content (AvgIpc) is 3.18. The first-order valence-corrected chi connectivity index (χ1v) is 11.6. The predicted molar refractivity (Wildman–Crippen MR) is 131 cm³/mol. The van der Waals surface area contributed by atoms with E-state index in [9.17, 15) is 14.4 Å². The number of nitrogens with one attached hydrogen (secondary N) is 1. The van der Waals surface area contributed by atoms with Crippen LogP contribution in [-0.2, 0) is 18.4 Å². The number of piperidine rings is 1. The number of methoxy groups -OCH3 is 1. The second kappa shape index (κ2) is 10.2. The summed E-state index contributed by atoms with van der Waals surface area (Å²) in [4.78, 5) is 43.7. The van der Waals surface area contributed by atoms with Gasteiger partial charge in [-0.05, 0) is 18.9 Å². The fourth-order valence-electron chi connectivity index (χ4n) is 4.94. The van der Waals surface area contributed by atoms with Crippen molar-refractivity contribution in [2.75, 3.05) is 33.4 Å². The maximum absolute atomic E-state index is 13.6. The summed E-state index contributed by atoms with van der Waals surface area (Å²) in [6.45, 7) is 8.15. The van der Waals surface area contributed by atoms with Crippen LogP contribution in [0.25, 0.3) is 26.7 Å². The number of amides is 2. The maximum atomic E-state index is 13.6. The first-order chi connectivity index (χ1) is 16.9. The number of aliphatic hydroxyl groups excluding tert-OH is 1. The molecule has 0 atom stereocenters. The SMILES string of the molecule is [C-]#[N+]CCCn1c(=O)c2c(OC)c(C(=O)NC3CCN(C(=O)CO)CC3)n(C)c2c2ccccc21. The van der Waals surface area contributed by atoms with E-state index >= 15 is 0 Å². The Hall–Kier alpha value is -3.84. The number of carbonyl (C=O) groups excluding carboxylic acids is 2. The summed E-state index contributed by atoms with van der Waals surface area (Å²) in [5.74, 6) is -0.442. The van der Waals surface area contributed by atoms with Crippen LogP contribution in [0, 0.1) is 6.57 Å². The zero-order chi connectivity index (χ0) is 25.1. The minimum absolute atomic E-state index is 0.144. The van der Waals surface area contributed by atoms with Crippen LogP contribution in [0.3, 0.4) is 0 Å². The van der Waals surface area contributed by atoms with Crippen molar-refractivity contribution in [1.82, 2.24) is 19.4 Å². The monoisotopic (exact) mass is 479 g/mol. The van der Waals surface area contributed by atoms with Gasteiger partial charge in [-0.1, -0.05) is 18.2 Å². The number of likely N-dealkylation sites (tertiary alicyclic amines) is 1. The number of carbonyl (C=O) groups is 2. The van der Waals surface area contributed by atoms with Crippen molar-refractivity contribution >= 4 is 33.6 Å². The first kappa shape index (κ1) is 24.3. The molecule has 1 aliphatic rings. The number of hydrogen-bond acceptors (Lipinski definition) is 5. The first-order valence-electron chi connectivity index (χ1n) is 11.6. The molecule has 10 heteroatoms. The van der Waals surface area contributed by atoms with Gasteiger partial charge in [0.05, 0.1) is 18.1 Å². The fraction of sp³-hybridized carbons (Fsp3) is 0.440. The number of ether oxygens (including phenoxy) is 1. The molecule has 35 heavy (non-hydrogen) atoms. The number of para-hydroxylation sites is 1. The summed E-state index contributed by atoms with van der Waals surface area (Å²) >= 11 is 0. The van der Waals surface area contributed by atoms with Crippen LogP contribution in [0.4, 0.5) is 0 Å². The predicted octanol–water partition coefficient (Wildman–Crippen LogP) is 1.52. The molecule has 0 spiro atoms. The van der Waals surface area contributed by atoms with Crippen molar-refractivity contribution in [2.45, 2.75) is 31.8 Å². The molecule has 1 aromatic carbocycles. The minimum Gasteiger partial charge on any atom is -0.493 e. The van der Waals surface area contributed by atoms with E-state index in [1.807, 2.05) is 24.3 Å². The molecular formula is C25H29N5O5. The number of benzene rings is 1. The molecule has 1 aliphatic heterocycles. The molecule has 0 aliphatic carbocycles. The van der Waals surface area contributed by atoms with Crippen LogP contribution >= 0.6 is 0 Å². The molecule has 4 rings (SSSR count). The third kappa shape index (κ3) is 4.35. The molecule has 0 saturated carbocycles. The summed E-state index contributed by atoms with van der Waals surface area (Å²) < 4.78 is 9.00. The number of aryl methyl sites for hydroxylation is 2. The van der Waals surface area contributed by atoms with E-state index in [4.69, 9.17) is 16.4 Å². The minimum atomic E-state index is -0.520. The molecule has 184 valence electrons. The van der Waals surface area contributed by atoms with Crippen molar-refractivity contribution in [3.05, 3.63) is 51.7 Å². The highest BCUT2D eigenvalue weighted by atomic mass is 16.5. The van der Waals surface area contributed by atoms with Gasteiger partial charge in [0.1, 0.15) is 12.0 Å². The van der Waals surface area contributed by atoms with Crippen LogP contribution in [0.2, 0.25) is 0 Å². The third-order valence-corrected chi connectivity index (χ3v) is 6.65. The lowest BCUT2D eigenvalue weighted by molar-refractivity contribution is -0.135. The molecular weight excluding hydrogens is 450 g/mol. The average molecular weight is 480 g/mol. The Kier molecular flexibility index (Phi) is 7.07. The van der Waals surface area contributed by atoms with Gasteiger partial charge in [-0.25, -0.2) is 6.57 Å². The number of aliphatic hydroxyl groups is 1. The van der Waals surface area contributed by atoms with E-state index < -0.39 is 6.61 Å². The Morgan fingerprint density at radius 2 is 1.97 bits per heavy atom. The van der Waals surface area contributed by atoms with Gasteiger partial charge in [0, 0.05) is 44.5 Å². The summed E-state index contributed by atoms with van der Waals surface area (Å²) in [7, 11) is 3.19. The zero-order valence-corrected chi connectivity index (χ0v) is 19.9. The van der Waals surface area contributed by atoms with Crippen molar-refractivity contribution in [2.24, 2.45) is 7.05 Å². The molecule has 0 unspecified atom stereocenters. The molecule has 2 aromatic heterocycles. The van der Waals surface area contributed by atoms with Crippen molar-refractivity contribution in [3.8, 4) is 5.75 Å². The van der Waals surface area contributed by atoms with Crippen molar-refractivity contribution in [1.29, 1.82) is 0 Å². The van der Waals surface area contributed by atoms with Crippen LogP contribution in [0.1, 0.15) is 29.8 Å². The van der Waals surface area contributed by atoms with Gasteiger partial charge in [0.15, 0.2) is 11.4 Å². The highest BCUT2D eigenvalue weighted by Gasteiger charge is 2.30. The molecule has 10 nitrogen and oxygen atoms in total. The smallest absolute Gasteiger partial charge is 0.272 e. The standard InChI is InChI=1S/C25H29N5O5/c1-26-11-6-12-30-18-8-5-4-7-17(18)21-20(25(30)34)23(35-3)22(28(21)2)24(33)27-16-9-13-29(14-10-16)19(32)15-31/h4-5,7-8,16,31H,6,9-15H2,2-3H3,(H,27,33). The number of aromatic nitrogens is 2. The van der Waals surface area contributed by atoms with Crippen LogP contribution in [0.5, 0.6) is 5.75 Å². The molecule has 2 amide bonds. The number of rotatable bonds is 7. The number of pyridine rings is 1. The lowest BCUT2D eigenvalue weighted by Gasteiger charge is -2.32.